The standard InChI is InChI=1S/C30H28BrFN8O4/c1-39-7-4-5-17(39)9-21(32)30(41)38-23-11-19-22(13-26(23)42-2)33-15-35-29(19)37-24-12-20(31)25(14-27(24)43-3)44-18-6-8-40-28(10-18)34-16-36-40/h6,8-17H,4-5,7H2,1-3H3,(H,38,41)(H,33,35,37)/b21-9-. The first kappa shape index (κ1) is 29.3. The molecule has 226 valence electrons. The van der Waals surface area contributed by atoms with Crippen LogP contribution in [0.1, 0.15) is 12.8 Å². The average Bonchev–Trinajstić information content (AvgIpc) is 3.66. The molecule has 44 heavy (non-hydrogen) atoms. The highest BCUT2D eigenvalue weighted by Crippen LogP contribution is 2.41. The molecular formula is C30H28BrFN8O4. The van der Waals surface area contributed by atoms with Gasteiger partial charge in [-0.15, -0.1) is 0 Å². The number of fused-ring (bicyclic) bond motifs is 2. The maximum atomic E-state index is 14.9. The van der Waals surface area contributed by atoms with Crippen LogP contribution >= 0.6 is 15.9 Å². The Kier molecular flexibility index (Phi) is 8.26. The minimum atomic E-state index is -0.862. The van der Waals surface area contributed by atoms with Gasteiger partial charge in [0, 0.05) is 35.8 Å². The molecule has 5 aromatic rings. The van der Waals surface area contributed by atoms with Gasteiger partial charge < -0.3 is 24.8 Å². The largest absolute Gasteiger partial charge is 0.494 e. The molecule has 1 aliphatic heterocycles. The number of nitrogens with zero attached hydrogens (tertiary/aromatic N) is 6. The normalized spacial score (nSPS) is 15.5. The van der Waals surface area contributed by atoms with Crippen LogP contribution < -0.4 is 24.8 Å². The molecule has 1 aliphatic rings. The fourth-order valence-electron chi connectivity index (χ4n) is 5.02. The molecule has 2 aromatic carbocycles. The monoisotopic (exact) mass is 662 g/mol. The van der Waals surface area contributed by atoms with Crippen molar-refractivity contribution < 1.29 is 23.4 Å². The number of amides is 1. The number of anilines is 3. The van der Waals surface area contributed by atoms with E-state index in [-0.39, 0.29) is 11.7 Å². The zero-order chi connectivity index (χ0) is 30.8. The lowest BCUT2D eigenvalue weighted by molar-refractivity contribution is -0.114. The molecule has 1 unspecified atom stereocenters. The SMILES string of the molecule is COc1cc2ncnc(Nc3cc(Br)c(Oc4ccn5ncnc5c4)cc3OC)c2cc1NC(=O)/C(F)=C/C1CCCN1C. The number of rotatable bonds is 9. The maximum Gasteiger partial charge on any atom is 0.284 e. The molecule has 0 saturated carbocycles. The number of methoxy groups -OCH3 is 2. The number of hydrogen-bond donors (Lipinski definition) is 2. The number of pyridine rings is 1. The molecule has 1 fully saturated rings. The summed E-state index contributed by atoms with van der Waals surface area (Å²) in [6, 6.07) is 10.2. The Labute approximate surface area is 260 Å². The van der Waals surface area contributed by atoms with Gasteiger partial charge in [-0.1, -0.05) is 0 Å². The van der Waals surface area contributed by atoms with Gasteiger partial charge in [0.1, 0.15) is 41.5 Å². The fourth-order valence-corrected chi connectivity index (χ4v) is 5.44. The van der Waals surface area contributed by atoms with E-state index in [4.69, 9.17) is 14.2 Å². The van der Waals surface area contributed by atoms with Crippen LogP contribution in [0, 0.1) is 0 Å². The lowest BCUT2D eigenvalue weighted by atomic mass is 10.1. The summed E-state index contributed by atoms with van der Waals surface area (Å²) in [5.41, 5.74) is 2.04. The van der Waals surface area contributed by atoms with Crippen molar-refractivity contribution in [1.82, 2.24) is 29.5 Å². The number of aromatic nitrogens is 5. The molecule has 0 aliphatic carbocycles. The summed E-state index contributed by atoms with van der Waals surface area (Å²) in [7, 11) is 4.92. The predicted molar refractivity (Wildman–Crippen MR) is 167 cm³/mol. The third-order valence-corrected chi connectivity index (χ3v) is 7.94. The van der Waals surface area contributed by atoms with E-state index in [1.54, 1.807) is 54.2 Å². The Morgan fingerprint density at radius 1 is 1.05 bits per heavy atom. The van der Waals surface area contributed by atoms with Gasteiger partial charge in [0.05, 0.1) is 35.6 Å². The summed E-state index contributed by atoms with van der Waals surface area (Å²) in [4.78, 5) is 27.8. The van der Waals surface area contributed by atoms with E-state index < -0.39 is 11.7 Å². The number of carbonyl (C=O) groups is 1. The van der Waals surface area contributed by atoms with Crippen molar-refractivity contribution in [3.05, 3.63) is 71.6 Å². The Balaban J connectivity index is 1.28. The first-order valence-electron chi connectivity index (χ1n) is 13.7. The van der Waals surface area contributed by atoms with Crippen molar-refractivity contribution in [2.24, 2.45) is 0 Å². The van der Waals surface area contributed by atoms with Crippen molar-refractivity contribution in [1.29, 1.82) is 0 Å². The van der Waals surface area contributed by atoms with Crippen LogP contribution in [0.25, 0.3) is 16.6 Å². The van der Waals surface area contributed by atoms with E-state index in [1.807, 2.05) is 11.9 Å². The van der Waals surface area contributed by atoms with Crippen molar-refractivity contribution in [2.45, 2.75) is 18.9 Å². The first-order chi connectivity index (χ1) is 21.3. The van der Waals surface area contributed by atoms with Gasteiger partial charge in [-0.3, -0.25) is 9.69 Å². The second-order valence-electron chi connectivity index (χ2n) is 10.1. The van der Waals surface area contributed by atoms with E-state index in [2.05, 4.69) is 46.6 Å². The zero-order valence-electron chi connectivity index (χ0n) is 24.0. The Hall–Kier alpha value is -4.82. The minimum Gasteiger partial charge on any atom is -0.494 e. The molecule has 4 heterocycles. The molecule has 0 spiro atoms. The Bertz CT molecular complexity index is 1900. The third kappa shape index (κ3) is 5.98. The van der Waals surface area contributed by atoms with Gasteiger partial charge >= 0.3 is 0 Å². The number of ether oxygens (including phenoxy) is 3. The van der Waals surface area contributed by atoms with Crippen molar-refractivity contribution in [3.63, 3.8) is 0 Å². The van der Waals surface area contributed by atoms with Crippen LogP contribution in [-0.2, 0) is 4.79 Å². The topological polar surface area (TPSA) is 128 Å². The molecule has 14 heteroatoms. The lowest BCUT2D eigenvalue weighted by Crippen LogP contribution is -2.24. The van der Waals surface area contributed by atoms with E-state index in [0.717, 1.165) is 19.4 Å². The molecule has 1 amide bonds. The summed E-state index contributed by atoms with van der Waals surface area (Å²) >= 11 is 3.58. The number of hydrogen-bond acceptors (Lipinski definition) is 10. The molecule has 3 aromatic heterocycles. The molecule has 2 N–H and O–H groups in total. The third-order valence-electron chi connectivity index (χ3n) is 7.32. The number of benzene rings is 2. The van der Waals surface area contributed by atoms with E-state index in [0.29, 0.717) is 55.5 Å². The van der Waals surface area contributed by atoms with Gasteiger partial charge in [-0.05, 0) is 66.6 Å². The summed E-state index contributed by atoms with van der Waals surface area (Å²) in [5.74, 6) is 0.591. The van der Waals surface area contributed by atoms with E-state index in [9.17, 15) is 9.18 Å². The van der Waals surface area contributed by atoms with E-state index in [1.165, 1.54) is 25.8 Å². The van der Waals surface area contributed by atoms with Crippen molar-refractivity contribution in [3.8, 4) is 23.0 Å². The number of carbonyl (C=O) groups excluding carboxylic acids is 1. The highest BCUT2D eigenvalue weighted by atomic mass is 79.9. The number of halogens is 2. The van der Waals surface area contributed by atoms with Gasteiger partial charge in [0.15, 0.2) is 11.5 Å². The second-order valence-corrected chi connectivity index (χ2v) is 10.9. The summed E-state index contributed by atoms with van der Waals surface area (Å²) in [6.45, 7) is 0.863. The molecule has 12 nitrogen and oxygen atoms in total. The van der Waals surface area contributed by atoms with Gasteiger partial charge in [0.25, 0.3) is 5.91 Å². The number of nitrogens with one attached hydrogen (secondary N) is 2. The summed E-state index contributed by atoms with van der Waals surface area (Å²) in [5, 5.41) is 10.6. The average molecular weight is 664 g/mol. The van der Waals surface area contributed by atoms with Crippen molar-refractivity contribution in [2.75, 3.05) is 38.4 Å². The fraction of sp³-hybridized carbons (Fsp3) is 0.233. The highest BCUT2D eigenvalue weighted by Gasteiger charge is 2.22. The number of likely N-dealkylation sites (tertiary alicyclic amines) is 1. The van der Waals surface area contributed by atoms with Crippen LogP contribution in [0.4, 0.5) is 21.6 Å². The summed E-state index contributed by atoms with van der Waals surface area (Å²) < 4.78 is 34.4. The Morgan fingerprint density at radius 2 is 1.86 bits per heavy atom. The number of likely N-dealkylation sites (N-methyl/N-ethyl adjacent to an activating group) is 1. The van der Waals surface area contributed by atoms with Crippen LogP contribution in [0.3, 0.4) is 0 Å². The Morgan fingerprint density at radius 3 is 2.64 bits per heavy atom. The zero-order valence-corrected chi connectivity index (χ0v) is 25.6. The molecule has 0 radical (unpaired) electrons. The molecule has 0 bridgehead atoms. The molecule has 6 rings (SSSR count). The van der Waals surface area contributed by atoms with E-state index >= 15 is 0 Å². The van der Waals surface area contributed by atoms with Crippen LogP contribution in [0.5, 0.6) is 23.0 Å². The molecule has 1 atom stereocenters. The smallest absolute Gasteiger partial charge is 0.284 e. The molecule has 1 saturated heterocycles. The predicted octanol–water partition coefficient (Wildman–Crippen LogP) is 5.87. The summed E-state index contributed by atoms with van der Waals surface area (Å²) in [6.07, 6.45) is 7.74. The van der Waals surface area contributed by atoms with Gasteiger partial charge in [0.2, 0.25) is 0 Å². The minimum absolute atomic E-state index is 0.118. The maximum absolute atomic E-state index is 14.9. The van der Waals surface area contributed by atoms with Crippen LogP contribution in [0.15, 0.2) is 71.6 Å². The highest BCUT2D eigenvalue weighted by molar-refractivity contribution is 9.10. The van der Waals surface area contributed by atoms with Gasteiger partial charge in [-0.25, -0.2) is 23.9 Å². The lowest BCUT2D eigenvalue weighted by Gasteiger charge is -2.17. The molecular weight excluding hydrogens is 635 g/mol. The van der Waals surface area contributed by atoms with Gasteiger partial charge in [-0.2, -0.15) is 5.10 Å². The first-order valence-corrected chi connectivity index (χ1v) is 14.5. The quantitative estimate of drug-likeness (QED) is 0.185. The van der Waals surface area contributed by atoms with Crippen molar-refractivity contribution >= 4 is 55.6 Å². The van der Waals surface area contributed by atoms with Crippen LogP contribution in [-0.4, -0.2) is 69.2 Å². The van der Waals surface area contributed by atoms with Crippen LogP contribution in [0.2, 0.25) is 0 Å². The second kappa shape index (κ2) is 12.4.